The van der Waals surface area contributed by atoms with Crippen molar-refractivity contribution < 1.29 is 9.53 Å². The molecule has 0 aromatic rings. The van der Waals surface area contributed by atoms with E-state index >= 15 is 0 Å². The fraction of sp³-hybridized carbons (Fsp3) is 0.947. The zero-order valence-corrected chi connectivity index (χ0v) is 15.4. The quantitative estimate of drug-likeness (QED) is 0.805. The molecule has 138 valence electrons. The summed E-state index contributed by atoms with van der Waals surface area (Å²) in [5, 5.41) is 3.42. The Morgan fingerprint density at radius 1 is 1.21 bits per heavy atom. The van der Waals surface area contributed by atoms with E-state index < -0.39 is 0 Å². The van der Waals surface area contributed by atoms with Gasteiger partial charge in [0.15, 0.2) is 0 Å². The van der Waals surface area contributed by atoms with Gasteiger partial charge in [-0.3, -0.25) is 9.69 Å². The van der Waals surface area contributed by atoms with Gasteiger partial charge in [-0.25, -0.2) is 0 Å². The molecule has 0 bridgehead atoms. The van der Waals surface area contributed by atoms with E-state index in [2.05, 4.69) is 22.0 Å². The summed E-state index contributed by atoms with van der Waals surface area (Å²) in [6.07, 6.45) is 8.90. The molecular formula is C19H35N3O2. The summed E-state index contributed by atoms with van der Waals surface area (Å²) in [5.74, 6) is 0.400. The van der Waals surface area contributed by atoms with E-state index in [1.165, 1.54) is 25.7 Å². The highest BCUT2D eigenvalue weighted by atomic mass is 16.5. The molecule has 3 rings (SSSR count). The number of morpholine rings is 1. The van der Waals surface area contributed by atoms with Crippen LogP contribution in [0.5, 0.6) is 0 Å². The van der Waals surface area contributed by atoms with E-state index in [0.29, 0.717) is 11.9 Å². The van der Waals surface area contributed by atoms with Crippen LogP contribution in [0.15, 0.2) is 0 Å². The van der Waals surface area contributed by atoms with Crippen molar-refractivity contribution in [3.05, 3.63) is 0 Å². The average Bonchev–Trinajstić information content (AvgIpc) is 3.11. The van der Waals surface area contributed by atoms with Gasteiger partial charge in [0.05, 0.1) is 13.2 Å². The first-order valence-electron chi connectivity index (χ1n) is 10.1. The smallest absolute Gasteiger partial charge is 0.224 e. The molecule has 0 radical (unpaired) electrons. The number of nitrogens with one attached hydrogen (secondary N) is 1. The number of carbonyl (C=O) groups is 1. The van der Waals surface area contributed by atoms with Crippen LogP contribution < -0.4 is 5.32 Å². The summed E-state index contributed by atoms with van der Waals surface area (Å²) in [4.78, 5) is 18.1. The molecule has 5 nitrogen and oxygen atoms in total. The summed E-state index contributed by atoms with van der Waals surface area (Å²) in [5.41, 5.74) is 0.111. The summed E-state index contributed by atoms with van der Waals surface area (Å²) < 4.78 is 5.55. The van der Waals surface area contributed by atoms with Gasteiger partial charge >= 0.3 is 0 Å². The lowest BCUT2D eigenvalue weighted by Crippen LogP contribution is -2.55. The molecule has 1 saturated carbocycles. The maximum atomic E-state index is 13.3. The molecule has 0 aromatic carbocycles. The van der Waals surface area contributed by atoms with E-state index in [-0.39, 0.29) is 5.54 Å². The Balaban J connectivity index is 1.68. The zero-order chi connectivity index (χ0) is 16.8. The molecule has 1 amide bonds. The molecule has 2 heterocycles. The van der Waals surface area contributed by atoms with Gasteiger partial charge in [-0.15, -0.1) is 0 Å². The van der Waals surface area contributed by atoms with Gasteiger partial charge in [0.2, 0.25) is 5.91 Å². The molecule has 1 N–H and O–H groups in total. The predicted octanol–water partition coefficient (Wildman–Crippen LogP) is 2.01. The molecule has 24 heavy (non-hydrogen) atoms. The van der Waals surface area contributed by atoms with Gasteiger partial charge in [0.25, 0.3) is 0 Å². The van der Waals surface area contributed by atoms with E-state index in [4.69, 9.17) is 4.74 Å². The van der Waals surface area contributed by atoms with Crippen LogP contribution in [-0.4, -0.2) is 73.2 Å². The molecule has 3 aliphatic rings. The maximum absolute atomic E-state index is 13.3. The minimum atomic E-state index is 0.111. The third kappa shape index (κ3) is 4.12. The first-order chi connectivity index (χ1) is 11.7. The van der Waals surface area contributed by atoms with E-state index in [1.807, 2.05) is 0 Å². The SMILES string of the molecule is CCCN(C(=O)CC1(N2CCOCC2)CCCC1)C1CCNCC1. The van der Waals surface area contributed by atoms with Crippen molar-refractivity contribution in [3.8, 4) is 0 Å². The lowest BCUT2D eigenvalue weighted by molar-refractivity contribution is -0.138. The highest BCUT2D eigenvalue weighted by Gasteiger charge is 2.43. The van der Waals surface area contributed by atoms with Crippen LogP contribution in [0.4, 0.5) is 0 Å². The fourth-order valence-electron chi connectivity index (χ4n) is 4.93. The van der Waals surface area contributed by atoms with Crippen LogP contribution in [0, 0.1) is 0 Å². The predicted molar refractivity (Wildman–Crippen MR) is 96.1 cm³/mol. The normalized spacial score (nSPS) is 25.7. The third-order valence-electron chi connectivity index (χ3n) is 6.23. The van der Waals surface area contributed by atoms with Gasteiger partial charge in [-0.05, 0) is 45.2 Å². The Hall–Kier alpha value is -0.650. The third-order valence-corrected chi connectivity index (χ3v) is 6.23. The summed E-state index contributed by atoms with van der Waals surface area (Å²) in [7, 11) is 0. The molecule has 0 atom stereocenters. The number of ether oxygens (including phenoxy) is 1. The number of rotatable bonds is 6. The molecule has 1 aliphatic carbocycles. The van der Waals surface area contributed by atoms with Crippen LogP contribution in [0.3, 0.4) is 0 Å². The van der Waals surface area contributed by atoms with Crippen LogP contribution in [0.1, 0.15) is 58.3 Å². The number of hydrogen-bond acceptors (Lipinski definition) is 4. The van der Waals surface area contributed by atoms with Crippen molar-refractivity contribution in [2.75, 3.05) is 45.9 Å². The fourth-order valence-corrected chi connectivity index (χ4v) is 4.93. The summed E-state index contributed by atoms with van der Waals surface area (Å²) in [6.45, 7) is 8.84. The lowest BCUT2D eigenvalue weighted by Gasteiger charge is -2.45. The second-order valence-corrected chi connectivity index (χ2v) is 7.78. The second kappa shape index (κ2) is 8.63. The van der Waals surface area contributed by atoms with Crippen molar-refractivity contribution in [2.24, 2.45) is 0 Å². The molecule has 3 fully saturated rings. The minimum absolute atomic E-state index is 0.111. The summed E-state index contributed by atoms with van der Waals surface area (Å²) in [6, 6.07) is 0.446. The lowest BCUT2D eigenvalue weighted by atomic mass is 9.89. The largest absolute Gasteiger partial charge is 0.379 e. The number of nitrogens with zero attached hydrogens (tertiary/aromatic N) is 2. The standard InChI is InChI=1S/C19H35N3O2/c1-2-11-22(17-5-9-20-10-6-17)18(23)16-19(7-3-4-8-19)21-12-14-24-15-13-21/h17,20H,2-16H2,1H3. The monoisotopic (exact) mass is 337 g/mol. The van der Waals surface area contributed by atoms with Crippen LogP contribution in [-0.2, 0) is 9.53 Å². The van der Waals surface area contributed by atoms with E-state index in [1.54, 1.807) is 0 Å². The number of carbonyl (C=O) groups excluding carboxylic acids is 1. The second-order valence-electron chi connectivity index (χ2n) is 7.78. The highest BCUT2D eigenvalue weighted by molar-refractivity contribution is 5.78. The zero-order valence-electron chi connectivity index (χ0n) is 15.4. The first kappa shape index (κ1) is 18.2. The van der Waals surface area contributed by atoms with Gasteiger partial charge < -0.3 is 15.0 Å². The van der Waals surface area contributed by atoms with Gasteiger partial charge in [0, 0.05) is 37.6 Å². The molecular weight excluding hydrogens is 302 g/mol. The minimum Gasteiger partial charge on any atom is -0.379 e. The van der Waals surface area contributed by atoms with Crippen LogP contribution >= 0.6 is 0 Å². The number of hydrogen-bond donors (Lipinski definition) is 1. The van der Waals surface area contributed by atoms with Crippen molar-refractivity contribution in [1.82, 2.24) is 15.1 Å². The van der Waals surface area contributed by atoms with Crippen LogP contribution in [0.2, 0.25) is 0 Å². The molecule has 0 unspecified atom stereocenters. The van der Waals surface area contributed by atoms with Crippen LogP contribution in [0.25, 0.3) is 0 Å². The van der Waals surface area contributed by atoms with E-state index in [0.717, 1.165) is 71.6 Å². The highest BCUT2D eigenvalue weighted by Crippen LogP contribution is 2.39. The summed E-state index contributed by atoms with van der Waals surface area (Å²) >= 11 is 0. The van der Waals surface area contributed by atoms with Gasteiger partial charge in [-0.1, -0.05) is 19.8 Å². The molecule has 2 aliphatic heterocycles. The molecule has 5 heteroatoms. The topological polar surface area (TPSA) is 44.8 Å². The molecule has 0 spiro atoms. The van der Waals surface area contributed by atoms with Crippen molar-refractivity contribution >= 4 is 5.91 Å². The van der Waals surface area contributed by atoms with Crippen molar-refractivity contribution in [3.63, 3.8) is 0 Å². The number of amides is 1. The Morgan fingerprint density at radius 3 is 2.50 bits per heavy atom. The Morgan fingerprint density at radius 2 is 1.88 bits per heavy atom. The van der Waals surface area contributed by atoms with Gasteiger partial charge in [-0.2, -0.15) is 0 Å². The number of piperidine rings is 1. The van der Waals surface area contributed by atoms with E-state index in [9.17, 15) is 4.79 Å². The molecule has 0 aromatic heterocycles. The van der Waals surface area contributed by atoms with Crippen molar-refractivity contribution in [1.29, 1.82) is 0 Å². The van der Waals surface area contributed by atoms with Gasteiger partial charge in [0.1, 0.15) is 0 Å². The average molecular weight is 338 g/mol. The maximum Gasteiger partial charge on any atom is 0.224 e. The first-order valence-corrected chi connectivity index (χ1v) is 10.1. The Labute approximate surface area is 147 Å². The Kier molecular flexibility index (Phi) is 6.53. The Bertz CT molecular complexity index is 397. The van der Waals surface area contributed by atoms with Crippen molar-refractivity contribution in [2.45, 2.75) is 69.9 Å². The molecule has 2 saturated heterocycles.